The highest BCUT2D eigenvalue weighted by Crippen LogP contribution is 2.11. The largest absolute Gasteiger partial charge is 0.299 e. The molecule has 1 heterocycles. The Bertz CT molecular complexity index is 241. The summed E-state index contributed by atoms with van der Waals surface area (Å²) >= 11 is 3.44. The van der Waals surface area contributed by atoms with Crippen molar-refractivity contribution in [3.63, 3.8) is 0 Å². The van der Waals surface area contributed by atoms with Crippen LogP contribution >= 0.6 is 23.1 Å². The van der Waals surface area contributed by atoms with Crippen LogP contribution in [-0.4, -0.2) is 17.3 Å². The van der Waals surface area contributed by atoms with Crippen LogP contribution in [0.5, 0.6) is 0 Å². The summed E-state index contributed by atoms with van der Waals surface area (Å²) in [6.45, 7) is 2.08. The van der Waals surface area contributed by atoms with Crippen LogP contribution in [0.15, 0.2) is 17.5 Å². The SMILES string of the molecule is CCSCC(=O)CCc1cccs1. The fraction of sp³-hybridized carbons (Fsp3) is 0.500. The molecule has 0 bridgehead atoms. The van der Waals surface area contributed by atoms with Crippen LogP contribution in [0.3, 0.4) is 0 Å². The number of hydrogen-bond acceptors (Lipinski definition) is 3. The van der Waals surface area contributed by atoms with Crippen molar-refractivity contribution in [2.45, 2.75) is 19.8 Å². The maximum absolute atomic E-state index is 11.3. The van der Waals surface area contributed by atoms with Crippen LogP contribution in [0.1, 0.15) is 18.2 Å². The lowest BCUT2D eigenvalue weighted by atomic mass is 10.2. The van der Waals surface area contributed by atoms with Gasteiger partial charge in [0.2, 0.25) is 0 Å². The minimum Gasteiger partial charge on any atom is -0.299 e. The summed E-state index contributed by atoms with van der Waals surface area (Å²) in [6, 6.07) is 4.12. The van der Waals surface area contributed by atoms with Gasteiger partial charge in [0.1, 0.15) is 5.78 Å². The van der Waals surface area contributed by atoms with Gasteiger partial charge in [0.25, 0.3) is 0 Å². The molecule has 0 unspecified atom stereocenters. The van der Waals surface area contributed by atoms with Gasteiger partial charge in [0, 0.05) is 11.3 Å². The molecule has 0 N–H and O–H groups in total. The Morgan fingerprint density at radius 2 is 2.46 bits per heavy atom. The number of thiophene rings is 1. The van der Waals surface area contributed by atoms with Crippen molar-refractivity contribution in [1.29, 1.82) is 0 Å². The highest BCUT2D eigenvalue weighted by Gasteiger charge is 2.02. The first-order chi connectivity index (χ1) is 6.33. The van der Waals surface area contributed by atoms with Gasteiger partial charge in [-0.15, -0.1) is 11.3 Å². The van der Waals surface area contributed by atoms with E-state index in [1.165, 1.54) is 4.88 Å². The number of aryl methyl sites for hydroxylation is 1. The summed E-state index contributed by atoms with van der Waals surface area (Å²) in [5.74, 6) is 2.09. The van der Waals surface area contributed by atoms with Crippen LogP contribution < -0.4 is 0 Å². The average Bonchev–Trinajstić information content (AvgIpc) is 2.64. The molecule has 1 rings (SSSR count). The number of thioether (sulfide) groups is 1. The molecule has 13 heavy (non-hydrogen) atoms. The zero-order valence-corrected chi connectivity index (χ0v) is 9.42. The van der Waals surface area contributed by atoms with E-state index in [4.69, 9.17) is 0 Å². The lowest BCUT2D eigenvalue weighted by Gasteiger charge is -1.97. The maximum atomic E-state index is 11.3. The summed E-state index contributed by atoms with van der Waals surface area (Å²) in [5, 5.41) is 2.06. The Balaban J connectivity index is 2.15. The lowest BCUT2D eigenvalue weighted by Crippen LogP contribution is -2.02. The molecule has 1 aromatic heterocycles. The Morgan fingerprint density at radius 1 is 1.62 bits per heavy atom. The van der Waals surface area contributed by atoms with Crippen molar-refractivity contribution in [2.24, 2.45) is 0 Å². The number of ketones is 1. The van der Waals surface area contributed by atoms with Gasteiger partial charge in [-0.2, -0.15) is 11.8 Å². The second-order valence-electron chi connectivity index (χ2n) is 2.76. The van der Waals surface area contributed by atoms with Crippen LogP contribution in [0, 0.1) is 0 Å². The predicted octanol–water partition coefficient (Wildman–Crippen LogP) is 3.00. The topological polar surface area (TPSA) is 17.1 Å². The standard InChI is InChI=1S/C10H14OS2/c1-2-12-8-9(11)5-6-10-4-3-7-13-10/h3-4,7H,2,5-6,8H2,1H3. The Morgan fingerprint density at radius 3 is 3.08 bits per heavy atom. The molecule has 0 fully saturated rings. The third-order valence-electron chi connectivity index (χ3n) is 1.70. The van der Waals surface area contributed by atoms with Crippen molar-refractivity contribution in [3.05, 3.63) is 22.4 Å². The molecule has 0 atom stereocenters. The van der Waals surface area contributed by atoms with Gasteiger partial charge < -0.3 is 0 Å². The summed E-state index contributed by atoms with van der Waals surface area (Å²) in [7, 11) is 0. The molecular formula is C10H14OS2. The van der Waals surface area contributed by atoms with E-state index < -0.39 is 0 Å². The normalized spacial score (nSPS) is 10.2. The number of Topliss-reactive ketones (excluding diaryl/α,β-unsaturated/α-hetero) is 1. The van der Waals surface area contributed by atoms with Gasteiger partial charge in [-0.3, -0.25) is 4.79 Å². The van der Waals surface area contributed by atoms with Crippen LogP contribution in [-0.2, 0) is 11.2 Å². The number of carbonyl (C=O) groups is 1. The number of rotatable bonds is 6. The van der Waals surface area contributed by atoms with Gasteiger partial charge in [-0.1, -0.05) is 13.0 Å². The molecule has 0 saturated heterocycles. The van der Waals surface area contributed by atoms with Gasteiger partial charge in [0.05, 0.1) is 5.75 Å². The van der Waals surface area contributed by atoms with Crippen molar-refractivity contribution < 1.29 is 4.79 Å². The highest BCUT2D eigenvalue weighted by atomic mass is 32.2. The van der Waals surface area contributed by atoms with Crippen molar-refractivity contribution in [1.82, 2.24) is 0 Å². The zero-order chi connectivity index (χ0) is 9.52. The quantitative estimate of drug-likeness (QED) is 0.724. The molecule has 1 aromatic rings. The molecule has 0 spiro atoms. The fourth-order valence-corrected chi connectivity index (χ4v) is 2.29. The minimum absolute atomic E-state index is 0.375. The molecular weight excluding hydrogens is 200 g/mol. The second kappa shape index (κ2) is 6.22. The van der Waals surface area contributed by atoms with E-state index in [0.717, 1.165) is 12.2 Å². The third kappa shape index (κ3) is 4.48. The summed E-state index contributed by atoms with van der Waals surface area (Å²) in [6.07, 6.45) is 1.62. The van der Waals surface area contributed by atoms with Crippen LogP contribution in [0.25, 0.3) is 0 Å². The molecule has 1 nitrogen and oxygen atoms in total. The lowest BCUT2D eigenvalue weighted by molar-refractivity contribution is -0.116. The fourth-order valence-electron chi connectivity index (χ4n) is 1.01. The first kappa shape index (κ1) is 10.8. The summed E-state index contributed by atoms with van der Waals surface area (Å²) < 4.78 is 0. The first-order valence-corrected chi connectivity index (χ1v) is 6.48. The van der Waals surface area contributed by atoms with E-state index in [1.54, 1.807) is 23.1 Å². The Hall–Kier alpha value is -0.280. The smallest absolute Gasteiger partial charge is 0.143 e. The highest BCUT2D eigenvalue weighted by molar-refractivity contribution is 7.99. The van der Waals surface area contributed by atoms with E-state index in [2.05, 4.69) is 18.4 Å². The number of hydrogen-bond donors (Lipinski definition) is 0. The summed E-state index contributed by atoms with van der Waals surface area (Å²) in [5.41, 5.74) is 0. The van der Waals surface area contributed by atoms with E-state index in [0.29, 0.717) is 18.0 Å². The van der Waals surface area contributed by atoms with Crippen LogP contribution in [0.4, 0.5) is 0 Å². The predicted molar refractivity (Wildman–Crippen MR) is 60.6 cm³/mol. The third-order valence-corrected chi connectivity index (χ3v) is 3.57. The molecule has 0 aromatic carbocycles. The van der Waals surface area contributed by atoms with Gasteiger partial charge in [0.15, 0.2) is 0 Å². The Labute approximate surface area is 87.5 Å². The molecule has 0 radical (unpaired) electrons. The summed E-state index contributed by atoms with van der Waals surface area (Å²) in [4.78, 5) is 12.6. The molecule has 72 valence electrons. The van der Waals surface area contributed by atoms with Crippen molar-refractivity contribution in [3.8, 4) is 0 Å². The van der Waals surface area contributed by atoms with Crippen LogP contribution in [0.2, 0.25) is 0 Å². The van der Waals surface area contributed by atoms with Gasteiger partial charge in [-0.25, -0.2) is 0 Å². The van der Waals surface area contributed by atoms with Crippen molar-refractivity contribution in [2.75, 3.05) is 11.5 Å². The maximum Gasteiger partial charge on any atom is 0.143 e. The van der Waals surface area contributed by atoms with E-state index in [1.807, 2.05) is 6.07 Å². The molecule has 0 aliphatic rings. The minimum atomic E-state index is 0.375. The zero-order valence-electron chi connectivity index (χ0n) is 7.79. The second-order valence-corrected chi connectivity index (χ2v) is 5.06. The van der Waals surface area contributed by atoms with Crippen molar-refractivity contribution >= 4 is 28.9 Å². The molecule has 0 amide bonds. The number of carbonyl (C=O) groups excluding carboxylic acids is 1. The van der Waals surface area contributed by atoms with E-state index in [-0.39, 0.29) is 0 Å². The molecule has 3 heteroatoms. The Kier molecular flexibility index (Phi) is 5.16. The van der Waals surface area contributed by atoms with E-state index >= 15 is 0 Å². The van der Waals surface area contributed by atoms with E-state index in [9.17, 15) is 4.79 Å². The first-order valence-electron chi connectivity index (χ1n) is 4.44. The van der Waals surface area contributed by atoms with Gasteiger partial charge >= 0.3 is 0 Å². The molecule has 0 saturated carbocycles. The molecule has 0 aliphatic carbocycles. The average molecular weight is 214 g/mol. The molecule has 0 aliphatic heterocycles. The monoisotopic (exact) mass is 214 g/mol. The van der Waals surface area contributed by atoms with Gasteiger partial charge in [-0.05, 0) is 23.6 Å².